The van der Waals surface area contributed by atoms with E-state index in [1.807, 2.05) is 13.0 Å². The number of hydrogen-bond acceptors (Lipinski definition) is 7. The molecule has 4 aromatic rings. The summed E-state index contributed by atoms with van der Waals surface area (Å²) in [5, 5.41) is 18.9. The lowest BCUT2D eigenvalue weighted by Gasteiger charge is -2.14. The van der Waals surface area contributed by atoms with Crippen LogP contribution in [0.25, 0.3) is 6.08 Å². The first-order valence-corrected chi connectivity index (χ1v) is 14.5. The zero-order valence-corrected chi connectivity index (χ0v) is 24.8. The van der Waals surface area contributed by atoms with Gasteiger partial charge in [0.25, 0.3) is 17.5 Å². The molecule has 1 unspecified atom stereocenters. The summed E-state index contributed by atoms with van der Waals surface area (Å²) < 4.78 is 5.43. The molecule has 0 aromatic heterocycles. The highest BCUT2D eigenvalue weighted by atomic mass is 32.2. The number of ether oxygens (including phenoxy) is 1. The standard InChI is InChI=1S/C33H30N4O6S/c1-3-43-28-18-14-25(15-19-28)34-31(38)22(2)44-29-11-7-10-26(21-29)35-33(40)30(36-32(39)24-8-5-4-6-9-24)20-23-12-16-27(17-13-23)37(41)42/h4-22H,3H2,1-2H3,(H,34,38)(H,35,40)(H,36,39)/b30-20+. The van der Waals surface area contributed by atoms with Crippen molar-refractivity contribution in [3.05, 3.63) is 130 Å². The molecule has 11 heteroatoms. The number of nitrogens with one attached hydrogen (secondary N) is 3. The number of hydrogen-bond donors (Lipinski definition) is 3. The van der Waals surface area contributed by atoms with Crippen LogP contribution in [0.4, 0.5) is 17.1 Å². The number of non-ortho nitro benzene ring substituents is 1. The van der Waals surface area contributed by atoms with Crippen LogP contribution in [0.3, 0.4) is 0 Å². The minimum atomic E-state index is -0.601. The molecule has 0 bridgehead atoms. The topological polar surface area (TPSA) is 140 Å². The Balaban J connectivity index is 1.46. The number of carbonyl (C=O) groups is 3. The van der Waals surface area contributed by atoms with E-state index in [1.54, 1.807) is 79.7 Å². The fourth-order valence-electron chi connectivity index (χ4n) is 3.95. The number of amides is 3. The molecule has 3 N–H and O–H groups in total. The molecule has 4 rings (SSSR count). The summed E-state index contributed by atoms with van der Waals surface area (Å²) in [5.74, 6) is -0.565. The lowest BCUT2D eigenvalue weighted by molar-refractivity contribution is -0.384. The summed E-state index contributed by atoms with van der Waals surface area (Å²) in [7, 11) is 0. The van der Waals surface area contributed by atoms with Gasteiger partial charge in [-0.2, -0.15) is 0 Å². The van der Waals surface area contributed by atoms with Gasteiger partial charge >= 0.3 is 0 Å². The molecule has 0 heterocycles. The Morgan fingerprint density at radius 2 is 1.59 bits per heavy atom. The van der Waals surface area contributed by atoms with Gasteiger partial charge in [0.05, 0.1) is 16.8 Å². The van der Waals surface area contributed by atoms with Crippen molar-refractivity contribution < 1.29 is 24.0 Å². The third kappa shape index (κ3) is 9.04. The van der Waals surface area contributed by atoms with Gasteiger partial charge in [0.15, 0.2) is 0 Å². The second-order valence-electron chi connectivity index (χ2n) is 9.42. The Morgan fingerprint density at radius 3 is 2.25 bits per heavy atom. The SMILES string of the molecule is CCOc1ccc(NC(=O)C(C)Sc2cccc(NC(=O)/C(=C\c3ccc([N+](=O)[O-])cc3)NC(=O)c3ccccc3)c2)cc1. The Hall–Kier alpha value is -5.42. The number of carbonyl (C=O) groups excluding carboxylic acids is 3. The van der Waals surface area contributed by atoms with Crippen molar-refractivity contribution in [3.63, 3.8) is 0 Å². The first-order chi connectivity index (χ1) is 21.2. The second kappa shape index (κ2) is 15.2. The average Bonchev–Trinajstić information content (AvgIpc) is 3.02. The highest BCUT2D eigenvalue weighted by Crippen LogP contribution is 2.27. The molecule has 0 fully saturated rings. The highest BCUT2D eigenvalue weighted by Gasteiger charge is 2.18. The molecule has 10 nitrogen and oxygen atoms in total. The van der Waals surface area contributed by atoms with E-state index in [0.29, 0.717) is 29.1 Å². The number of anilines is 2. The maximum Gasteiger partial charge on any atom is 0.272 e. The van der Waals surface area contributed by atoms with Gasteiger partial charge in [0.1, 0.15) is 11.4 Å². The Kier molecular flexibility index (Phi) is 10.9. The van der Waals surface area contributed by atoms with Gasteiger partial charge in [-0.15, -0.1) is 11.8 Å². The number of rotatable bonds is 12. The van der Waals surface area contributed by atoms with Crippen LogP contribution >= 0.6 is 11.8 Å². The van der Waals surface area contributed by atoms with E-state index in [1.165, 1.54) is 42.1 Å². The van der Waals surface area contributed by atoms with Crippen molar-refractivity contribution in [1.29, 1.82) is 0 Å². The molecule has 4 aromatic carbocycles. The first kappa shape index (κ1) is 31.5. The van der Waals surface area contributed by atoms with Gasteiger partial charge in [0, 0.05) is 34.0 Å². The van der Waals surface area contributed by atoms with E-state index in [-0.39, 0.29) is 17.3 Å². The Bertz CT molecular complexity index is 1660. The van der Waals surface area contributed by atoms with Crippen molar-refractivity contribution in [2.24, 2.45) is 0 Å². The molecular weight excluding hydrogens is 580 g/mol. The van der Waals surface area contributed by atoms with Crippen LogP contribution in [0.2, 0.25) is 0 Å². The zero-order chi connectivity index (χ0) is 31.5. The smallest absolute Gasteiger partial charge is 0.272 e. The van der Waals surface area contributed by atoms with Crippen molar-refractivity contribution in [2.75, 3.05) is 17.2 Å². The predicted octanol–water partition coefficient (Wildman–Crippen LogP) is 6.52. The van der Waals surface area contributed by atoms with Crippen LogP contribution in [-0.4, -0.2) is 34.5 Å². The van der Waals surface area contributed by atoms with Gasteiger partial charge in [-0.25, -0.2) is 0 Å². The largest absolute Gasteiger partial charge is 0.494 e. The molecule has 44 heavy (non-hydrogen) atoms. The summed E-state index contributed by atoms with van der Waals surface area (Å²) >= 11 is 1.32. The van der Waals surface area contributed by atoms with Crippen LogP contribution in [0.15, 0.2) is 114 Å². The molecule has 0 aliphatic rings. The van der Waals surface area contributed by atoms with E-state index in [9.17, 15) is 24.5 Å². The quantitative estimate of drug-likeness (QED) is 0.0718. The molecule has 0 radical (unpaired) electrons. The second-order valence-corrected chi connectivity index (χ2v) is 10.8. The summed E-state index contributed by atoms with van der Waals surface area (Å²) in [6.07, 6.45) is 1.44. The normalized spacial score (nSPS) is 11.6. The monoisotopic (exact) mass is 610 g/mol. The minimum Gasteiger partial charge on any atom is -0.494 e. The lowest BCUT2D eigenvalue weighted by atomic mass is 10.1. The van der Waals surface area contributed by atoms with E-state index < -0.39 is 22.0 Å². The third-order valence-electron chi connectivity index (χ3n) is 6.15. The van der Waals surface area contributed by atoms with Gasteiger partial charge < -0.3 is 20.7 Å². The number of thioether (sulfide) groups is 1. The van der Waals surface area contributed by atoms with Crippen LogP contribution in [0, 0.1) is 10.1 Å². The summed E-state index contributed by atoms with van der Waals surface area (Å²) in [6, 6.07) is 28.1. The maximum atomic E-state index is 13.4. The lowest BCUT2D eigenvalue weighted by Crippen LogP contribution is -2.30. The van der Waals surface area contributed by atoms with Gasteiger partial charge in [-0.1, -0.05) is 24.3 Å². The van der Waals surface area contributed by atoms with Gasteiger partial charge in [0.2, 0.25) is 5.91 Å². The number of nitro benzene ring substituents is 1. The average molecular weight is 611 g/mol. The third-order valence-corrected chi connectivity index (χ3v) is 7.24. The van der Waals surface area contributed by atoms with Crippen LogP contribution in [-0.2, 0) is 9.59 Å². The Morgan fingerprint density at radius 1 is 0.886 bits per heavy atom. The van der Waals surface area contributed by atoms with Crippen molar-refractivity contribution in [3.8, 4) is 5.75 Å². The van der Waals surface area contributed by atoms with Crippen molar-refractivity contribution in [1.82, 2.24) is 5.32 Å². The molecule has 0 saturated carbocycles. The molecule has 3 amide bonds. The summed E-state index contributed by atoms with van der Waals surface area (Å²) in [6.45, 7) is 4.24. The number of nitrogens with zero attached hydrogens (tertiary/aromatic N) is 1. The van der Waals surface area contributed by atoms with Crippen LogP contribution in [0.1, 0.15) is 29.8 Å². The molecule has 1 atom stereocenters. The van der Waals surface area contributed by atoms with Gasteiger partial charge in [-0.3, -0.25) is 24.5 Å². The molecule has 0 spiro atoms. The predicted molar refractivity (Wildman–Crippen MR) is 172 cm³/mol. The molecule has 224 valence electrons. The van der Waals surface area contributed by atoms with Crippen molar-refractivity contribution in [2.45, 2.75) is 24.0 Å². The molecule has 0 aliphatic heterocycles. The summed E-state index contributed by atoms with van der Waals surface area (Å²) in [5.41, 5.74) is 1.77. The number of benzene rings is 4. The van der Waals surface area contributed by atoms with Crippen LogP contribution < -0.4 is 20.7 Å². The fourth-order valence-corrected chi connectivity index (χ4v) is 4.88. The van der Waals surface area contributed by atoms with Crippen molar-refractivity contribution >= 4 is 52.6 Å². The minimum absolute atomic E-state index is 0.0612. The van der Waals surface area contributed by atoms with E-state index in [2.05, 4.69) is 16.0 Å². The van der Waals surface area contributed by atoms with E-state index in [0.717, 1.165) is 10.6 Å². The van der Waals surface area contributed by atoms with Gasteiger partial charge in [-0.05, 0) is 92.2 Å². The van der Waals surface area contributed by atoms with E-state index >= 15 is 0 Å². The first-order valence-electron chi connectivity index (χ1n) is 13.7. The number of nitro groups is 1. The molecule has 0 saturated heterocycles. The van der Waals surface area contributed by atoms with E-state index in [4.69, 9.17) is 4.74 Å². The molecular formula is C33H30N4O6S. The Labute approximate surface area is 258 Å². The highest BCUT2D eigenvalue weighted by molar-refractivity contribution is 8.00. The summed E-state index contributed by atoms with van der Waals surface area (Å²) in [4.78, 5) is 50.3. The fraction of sp³-hybridized carbons (Fsp3) is 0.121. The maximum absolute atomic E-state index is 13.4. The molecule has 0 aliphatic carbocycles. The zero-order valence-electron chi connectivity index (χ0n) is 24.0. The van der Waals surface area contributed by atoms with Crippen LogP contribution in [0.5, 0.6) is 5.75 Å².